The van der Waals surface area contributed by atoms with Gasteiger partial charge in [-0.25, -0.2) is 8.78 Å². The average molecular weight is 257 g/mol. The molecule has 0 radical (unpaired) electrons. The molecule has 2 rings (SSSR count). The largest absolute Gasteiger partial charge is 0.493 e. The number of hydrogen-bond acceptors (Lipinski definition) is 3. The molecule has 18 heavy (non-hydrogen) atoms. The summed E-state index contributed by atoms with van der Waals surface area (Å²) >= 11 is 0. The van der Waals surface area contributed by atoms with Crippen molar-refractivity contribution in [2.45, 2.75) is 12.8 Å². The van der Waals surface area contributed by atoms with Crippen molar-refractivity contribution >= 4 is 0 Å². The number of hydrogen-bond donors (Lipinski definition) is 1. The van der Waals surface area contributed by atoms with Crippen LogP contribution in [0.5, 0.6) is 11.5 Å². The summed E-state index contributed by atoms with van der Waals surface area (Å²) in [7, 11) is 1.41. The molecule has 0 amide bonds. The molecule has 0 unspecified atom stereocenters. The lowest BCUT2D eigenvalue weighted by Crippen LogP contribution is -2.30. The molecule has 1 N–H and O–H groups in total. The van der Waals surface area contributed by atoms with Gasteiger partial charge in [-0.15, -0.1) is 0 Å². The van der Waals surface area contributed by atoms with Gasteiger partial charge in [0.05, 0.1) is 13.7 Å². The fourth-order valence-corrected chi connectivity index (χ4v) is 2.04. The van der Waals surface area contributed by atoms with E-state index in [2.05, 4.69) is 5.32 Å². The Morgan fingerprint density at radius 3 is 2.39 bits per heavy atom. The van der Waals surface area contributed by atoms with Crippen molar-refractivity contribution in [3.8, 4) is 11.5 Å². The van der Waals surface area contributed by atoms with E-state index in [1.54, 1.807) is 0 Å². The fourth-order valence-electron chi connectivity index (χ4n) is 2.04. The van der Waals surface area contributed by atoms with E-state index in [4.69, 9.17) is 9.47 Å². The maximum Gasteiger partial charge on any atom is 0.164 e. The van der Waals surface area contributed by atoms with E-state index >= 15 is 0 Å². The average Bonchev–Trinajstić information content (AvgIpc) is 2.41. The van der Waals surface area contributed by atoms with Crippen molar-refractivity contribution < 1.29 is 18.3 Å². The van der Waals surface area contributed by atoms with Crippen molar-refractivity contribution in [2.75, 3.05) is 26.8 Å². The summed E-state index contributed by atoms with van der Waals surface area (Å²) in [4.78, 5) is 0. The van der Waals surface area contributed by atoms with Crippen LogP contribution in [0.2, 0.25) is 0 Å². The van der Waals surface area contributed by atoms with Crippen molar-refractivity contribution in [1.29, 1.82) is 0 Å². The fraction of sp³-hybridized carbons (Fsp3) is 0.538. The minimum atomic E-state index is -0.930. The smallest absolute Gasteiger partial charge is 0.164 e. The first-order valence-corrected chi connectivity index (χ1v) is 6.07. The zero-order chi connectivity index (χ0) is 13.0. The summed E-state index contributed by atoms with van der Waals surface area (Å²) in [5.41, 5.74) is 0. The van der Waals surface area contributed by atoms with Gasteiger partial charge in [0, 0.05) is 12.1 Å². The topological polar surface area (TPSA) is 30.5 Å². The van der Waals surface area contributed by atoms with Crippen LogP contribution in [0.15, 0.2) is 12.1 Å². The van der Waals surface area contributed by atoms with Crippen LogP contribution < -0.4 is 14.8 Å². The summed E-state index contributed by atoms with van der Waals surface area (Å²) in [6.07, 6.45) is 2.07. The van der Waals surface area contributed by atoms with Crippen LogP contribution in [0.1, 0.15) is 12.8 Å². The second-order valence-electron chi connectivity index (χ2n) is 4.42. The number of methoxy groups -OCH3 is 1. The summed E-state index contributed by atoms with van der Waals surface area (Å²) in [5, 5.41) is 3.26. The van der Waals surface area contributed by atoms with Crippen molar-refractivity contribution in [3.05, 3.63) is 23.8 Å². The van der Waals surface area contributed by atoms with E-state index in [1.165, 1.54) is 7.11 Å². The van der Waals surface area contributed by atoms with Crippen LogP contribution in [-0.4, -0.2) is 26.8 Å². The second kappa shape index (κ2) is 6.00. The molecule has 1 fully saturated rings. The Morgan fingerprint density at radius 2 is 1.78 bits per heavy atom. The molecule has 1 aliphatic heterocycles. The van der Waals surface area contributed by atoms with Crippen molar-refractivity contribution in [1.82, 2.24) is 5.32 Å². The van der Waals surface area contributed by atoms with E-state index in [-0.39, 0.29) is 11.5 Å². The Balaban J connectivity index is 2.01. The lowest BCUT2D eigenvalue weighted by molar-refractivity contribution is 0.207. The Labute approximate surface area is 105 Å². The van der Waals surface area contributed by atoms with E-state index in [1.807, 2.05) is 0 Å². The first-order valence-electron chi connectivity index (χ1n) is 6.07. The Hall–Kier alpha value is -1.36. The lowest BCUT2D eigenvalue weighted by atomic mass is 9.99. The first kappa shape index (κ1) is 13.1. The molecule has 1 aromatic rings. The molecule has 0 saturated carbocycles. The van der Waals surface area contributed by atoms with E-state index in [0.29, 0.717) is 12.5 Å². The molecule has 5 heteroatoms. The van der Waals surface area contributed by atoms with Gasteiger partial charge in [0.1, 0.15) is 0 Å². The molecular formula is C13H17F2NO2. The van der Waals surface area contributed by atoms with Gasteiger partial charge in [0.25, 0.3) is 0 Å². The minimum Gasteiger partial charge on any atom is -0.493 e. The van der Waals surface area contributed by atoms with Gasteiger partial charge in [-0.1, -0.05) is 0 Å². The second-order valence-corrected chi connectivity index (χ2v) is 4.42. The third-order valence-electron chi connectivity index (χ3n) is 3.14. The monoisotopic (exact) mass is 257 g/mol. The number of nitrogens with one attached hydrogen (secondary N) is 1. The highest BCUT2D eigenvalue weighted by molar-refractivity contribution is 5.40. The molecule has 100 valence electrons. The third kappa shape index (κ3) is 3.10. The highest BCUT2D eigenvalue weighted by Crippen LogP contribution is 2.30. The Morgan fingerprint density at radius 1 is 1.17 bits per heavy atom. The normalized spacial score (nSPS) is 16.6. The predicted molar refractivity (Wildman–Crippen MR) is 64.0 cm³/mol. The van der Waals surface area contributed by atoms with Gasteiger partial charge in [-0.05, 0) is 31.8 Å². The number of rotatable bonds is 4. The van der Waals surface area contributed by atoms with Gasteiger partial charge >= 0.3 is 0 Å². The van der Waals surface area contributed by atoms with Gasteiger partial charge in [0.2, 0.25) is 0 Å². The highest BCUT2D eigenvalue weighted by atomic mass is 19.2. The molecule has 1 aromatic carbocycles. The molecule has 1 saturated heterocycles. The predicted octanol–water partition coefficient (Wildman–Crippen LogP) is 2.35. The molecule has 3 nitrogen and oxygen atoms in total. The Kier molecular flexibility index (Phi) is 4.36. The van der Waals surface area contributed by atoms with E-state index < -0.39 is 11.6 Å². The van der Waals surface area contributed by atoms with Crippen LogP contribution >= 0.6 is 0 Å². The maximum atomic E-state index is 13.1. The molecule has 0 aliphatic carbocycles. The highest BCUT2D eigenvalue weighted by Gasteiger charge is 2.16. The summed E-state index contributed by atoms with van der Waals surface area (Å²) < 4.78 is 36.7. The number of ether oxygens (including phenoxy) is 2. The quantitative estimate of drug-likeness (QED) is 0.898. The zero-order valence-electron chi connectivity index (χ0n) is 10.3. The first-order chi connectivity index (χ1) is 8.70. The summed E-state index contributed by atoms with van der Waals surface area (Å²) in [6, 6.07) is 2.04. The van der Waals surface area contributed by atoms with Crippen molar-refractivity contribution in [2.24, 2.45) is 5.92 Å². The summed E-state index contributed by atoms with van der Waals surface area (Å²) in [5.74, 6) is -0.918. The summed E-state index contributed by atoms with van der Waals surface area (Å²) in [6.45, 7) is 2.45. The van der Waals surface area contributed by atoms with Crippen LogP contribution in [-0.2, 0) is 0 Å². The maximum absolute atomic E-state index is 13.1. The SMILES string of the molecule is COc1cc(F)c(F)cc1OCC1CCNCC1. The third-order valence-corrected chi connectivity index (χ3v) is 3.14. The number of halogens is 2. The van der Waals surface area contributed by atoms with Crippen molar-refractivity contribution in [3.63, 3.8) is 0 Å². The van der Waals surface area contributed by atoms with E-state index in [0.717, 1.165) is 38.1 Å². The van der Waals surface area contributed by atoms with Gasteiger partial charge in [-0.3, -0.25) is 0 Å². The molecule has 0 spiro atoms. The number of piperidine rings is 1. The van der Waals surface area contributed by atoms with Gasteiger partial charge in [-0.2, -0.15) is 0 Å². The molecule has 0 aromatic heterocycles. The Bertz CT molecular complexity index is 406. The van der Waals surface area contributed by atoms with Gasteiger partial charge in [0.15, 0.2) is 23.1 Å². The molecule has 0 atom stereocenters. The van der Waals surface area contributed by atoms with Gasteiger partial charge < -0.3 is 14.8 Å². The molecule has 1 aliphatic rings. The zero-order valence-corrected chi connectivity index (χ0v) is 10.3. The molecule has 1 heterocycles. The number of benzene rings is 1. The standard InChI is InChI=1S/C13H17F2NO2/c1-17-12-6-10(14)11(15)7-13(12)18-8-9-2-4-16-5-3-9/h6-7,9,16H,2-5,8H2,1H3. The van der Waals surface area contributed by atoms with E-state index in [9.17, 15) is 8.78 Å². The molecular weight excluding hydrogens is 240 g/mol. The van der Waals surface area contributed by atoms with Crippen LogP contribution in [0.3, 0.4) is 0 Å². The van der Waals surface area contributed by atoms with Crippen LogP contribution in [0, 0.1) is 17.6 Å². The van der Waals surface area contributed by atoms with Crippen LogP contribution in [0.25, 0.3) is 0 Å². The molecule has 0 bridgehead atoms. The minimum absolute atomic E-state index is 0.225. The van der Waals surface area contributed by atoms with Crippen LogP contribution in [0.4, 0.5) is 8.78 Å². The lowest BCUT2D eigenvalue weighted by Gasteiger charge is -2.23.